The number of halogens is 3. The predicted molar refractivity (Wildman–Crippen MR) is 72.6 cm³/mol. The third-order valence-corrected chi connectivity index (χ3v) is 4.67. The molecule has 1 rings (SSSR count). The summed E-state index contributed by atoms with van der Waals surface area (Å²) in [7, 11) is -4.37. The fraction of sp³-hybridized carbons (Fsp3) is 0.462. The molecule has 0 bridgehead atoms. The quantitative estimate of drug-likeness (QED) is 0.834. The third-order valence-electron chi connectivity index (χ3n) is 3.23. The Morgan fingerprint density at radius 3 is 2.41 bits per heavy atom. The zero-order valence-corrected chi connectivity index (χ0v) is 12.7. The van der Waals surface area contributed by atoms with Gasteiger partial charge in [-0.3, -0.25) is 4.79 Å². The lowest BCUT2D eigenvalue weighted by Crippen LogP contribution is -2.44. The molecule has 0 spiro atoms. The van der Waals surface area contributed by atoms with E-state index in [9.17, 15) is 26.4 Å². The number of alkyl halides is 3. The SMILES string of the molecule is CC[C@H](C)[C@@H](NS(=O)(=O)c1cccc(C(F)(F)F)c1)C(=O)O. The molecule has 0 radical (unpaired) electrons. The fourth-order valence-corrected chi connectivity index (χ4v) is 3.06. The van der Waals surface area contributed by atoms with Crippen molar-refractivity contribution in [3.63, 3.8) is 0 Å². The molecule has 0 aromatic heterocycles. The minimum absolute atomic E-state index is 0.391. The Bertz CT molecular complexity index is 643. The average Bonchev–Trinajstić information content (AvgIpc) is 2.43. The van der Waals surface area contributed by atoms with Crippen LogP contribution in [0.25, 0.3) is 0 Å². The maximum absolute atomic E-state index is 12.6. The lowest BCUT2D eigenvalue weighted by Gasteiger charge is -2.20. The molecule has 5 nitrogen and oxygen atoms in total. The van der Waals surface area contributed by atoms with Gasteiger partial charge in [0.05, 0.1) is 10.5 Å². The highest BCUT2D eigenvalue weighted by molar-refractivity contribution is 7.89. The van der Waals surface area contributed by atoms with Gasteiger partial charge in [-0.25, -0.2) is 8.42 Å². The largest absolute Gasteiger partial charge is 0.480 e. The number of hydrogen-bond donors (Lipinski definition) is 2. The molecule has 1 aromatic carbocycles. The molecule has 0 aliphatic carbocycles. The first-order valence-electron chi connectivity index (χ1n) is 6.41. The van der Waals surface area contributed by atoms with Gasteiger partial charge in [-0.1, -0.05) is 26.3 Å². The molecule has 0 saturated heterocycles. The van der Waals surface area contributed by atoms with E-state index in [0.717, 1.165) is 18.2 Å². The molecule has 2 N–H and O–H groups in total. The summed E-state index contributed by atoms with van der Waals surface area (Å²) in [4.78, 5) is 10.5. The van der Waals surface area contributed by atoms with Gasteiger partial charge in [0.2, 0.25) is 10.0 Å². The van der Waals surface area contributed by atoms with E-state index in [1.165, 1.54) is 6.92 Å². The summed E-state index contributed by atoms with van der Waals surface area (Å²) in [5, 5.41) is 9.06. The smallest absolute Gasteiger partial charge is 0.416 e. The molecule has 0 aliphatic heterocycles. The van der Waals surface area contributed by atoms with Crippen LogP contribution in [0, 0.1) is 5.92 Å². The van der Waals surface area contributed by atoms with Crippen LogP contribution in [0.15, 0.2) is 29.2 Å². The first-order chi connectivity index (χ1) is 9.99. The van der Waals surface area contributed by atoms with Crippen molar-refractivity contribution in [1.82, 2.24) is 4.72 Å². The average molecular weight is 339 g/mol. The molecular weight excluding hydrogens is 323 g/mol. The highest BCUT2D eigenvalue weighted by Gasteiger charge is 2.33. The van der Waals surface area contributed by atoms with Crippen molar-refractivity contribution < 1.29 is 31.5 Å². The number of rotatable bonds is 6. The van der Waals surface area contributed by atoms with Gasteiger partial charge in [0.25, 0.3) is 0 Å². The van der Waals surface area contributed by atoms with Crippen LogP contribution in [-0.2, 0) is 21.0 Å². The number of carboxylic acids is 1. The van der Waals surface area contributed by atoms with Crippen molar-refractivity contribution in [3.8, 4) is 0 Å². The lowest BCUT2D eigenvalue weighted by atomic mass is 10.0. The second-order valence-electron chi connectivity index (χ2n) is 4.85. The van der Waals surface area contributed by atoms with Crippen molar-refractivity contribution in [1.29, 1.82) is 0 Å². The molecular formula is C13H16F3NO4S. The monoisotopic (exact) mass is 339 g/mol. The van der Waals surface area contributed by atoms with E-state index in [1.54, 1.807) is 6.92 Å². The van der Waals surface area contributed by atoms with Crippen LogP contribution >= 0.6 is 0 Å². The van der Waals surface area contributed by atoms with Crippen LogP contribution in [-0.4, -0.2) is 25.5 Å². The standard InChI is InChI=1S/C13H16F3NO4S/c1-3-8(2)11(12(18)19)17-22(20,21)10-6-4-5-9(7-10)13(14,15)16/h4-8,11,17H,3H2,1-2H3,(H,18,19)/t8-,11+/m0/s1. The molecule has 0 aliphatic rings. The Morgan fingerprint density at radius 2 is 1.95 bits per heavy atom. The van der Waals surface area contributed by atoms with Gasteiger partial charge in [0, 0.05) is 0 Å². The summed E-state index contributed by atoms with van der Waals surface area (Å²) in [6.07, 6.45) is -4.30. The Balaban J connectivity index is 3.16. The zero-order chi connectivity index (χ0) is 17.1. The summed E-state index contributed by atoms with van der Waals surface area (Å²) in [5.74, 6) is -1.90. The first kappa shape index (κ1) is 18.4. The second kappa shape index (κ2) is 6.66. The Hall–Kier alpha value is -1.61. The number of hydrogen-bond acceptors (Lipinski definition) is 3. The first-order valence-corrected chi connectivity index (χ1v) is 7.89. The number of carbonyl (C=O) groups is 1. The van der Waals surface area contributed by atoms with E-state index in [2.05, 4.69) is 0 Å². The zero-order valence-electron chi connectivity index (χ0n) is 11.9. The molecule has 2 atom stereocenters. The number of sulfonamides is 1. The molecule has 0 fully saturated rings. The van der Waals surface area contributed by atoms with Gasteiger partial charge >= 0.3 is 12.1 Å². The minimum atomic E-state index is -4.69. The highest BCUT2D eigenvalue weighted by atomic mass is 32.2. The van der Waals surface area contributed by atoms with Gasteiger partial charge in [-0.05, 0) is 24.1 Å². The molecule has 0 amide bonds. The van der Waals surface area contributed by atoms with Crippen LogP contribution in [0.4, 0.5) is 13.2 Å². The van der Waals surface area contributed by atoms with Crippen molar-refractivity contribution in [2.75, 3.05) is 0 Å². The van der Waals surface area contributed by atoms with E-state index in [1.807, 2.05) is 4.72 Å². The highest BCUT2D eigenvalue weighted by Crippen LogP contribution is 2.30. The third kappa shape index (κ3) is 4.44. The summed E-state index contributed by atoms with van der Waals surface area (Å²) >= 11 is 0. The maximum Gasteiger partial charge on any atom is 0.416 e. The van der Waals surface area contributed by atoms with E-state index in [4.69, 9.17) is 5.11 Å². The summed E-state index contributed by atoms with van der Waals surface area (Å²) in [5.41, 5.74) is -1.12. The van der Waals surface area contributed by atoms with Crippen molar-refractivity contribution in [2.45, 2.75) is 37.4 Å². The number of nitrogens with one attached hydrogen (secondary N) is 1. The van der Waals surface area contributed by atoms with Crippen molar-refractivity contribution >= 4 is 16.0 Å². The van der Waals surface area contributed by atoms with Gasteiger partial charge in [-0.2, -0.15) is 17.9 Å². The Labute approximate surface area is 126 Å². The van der Waals surface area contributed by atoms with E-state index >= 15 is 0 Å². The normalized spacial score (nSPS) is 15.3. The molecule has 0 unspecified atom stereocenters. The molecule has 0 saturated carbocycles. The maximum atomic E-state index is 12.6. The summed E-state index contributed by atoms with van der Waals surface area (Å²) < 4.78 is 64.0. The topological polar surface area (TPSA) is 83.5 Å². The minimum Gasteiger partial charge on any atom is -0.480 e. The number of carboxylic acid groups (broad SMARTS) is 1. The number of benzene rings is 1. The van der Waals surface area contributed by atoms with Gasteiger partial charge in [0.1, 0.15) is 6.04 Å². The van der Waals surface area contributed by atoms with Crippen LogP contribution in [0.2, 0.25) is 0 Å². The van der Waals surface area contributed by atoms with Crippen LogP contribution in [0.3, 0.4) is 0 Å². The molecule has 22 heavy (non-hydrogen) atoms. The Kier molecular flexibility index (Phi) is 5.58. The van der Waals surface area contributed by atoms with Crippen LogP contribution < -0.4 is 4.72 Å². The Morgan fingerprint density at radius 1 is 1.36 bits per heavy atom. The lowest BCUT2D eigenvalue weighted by molar-refractivity contribution is -0.140. The van der Waals surface area contributed by atoms with Gasteiger partial charge in [0.15, 0.2) is 0 Å². The molecule has 124 valence electrons. The summed E-state index contributed by atoms with van der Waals surface area (Å²) in [6, 6.07) is 1.73. The van der Waals surface area contributed by atoms with Gasteiger partial charge in [-0.15, -0.1) is 0 Å². The fourth-order valence-electron chi connectivity index (χ4n) is 1.72. The van der Waals surface area contributed by atoms with E-state index in [0.29, 0.717) is 12.5 Å². The second-order valence-corrected chi connectivity index (χ2v) is 6.56. The van der Waals surface area contributed by atoms with Crippen molar-refractivity contribution in [2.24, 2.45) is 5.92 Å². The van der Waals surface area contributed by atoms with E-state index < -0.39 is 44.6 Å². The molecule has 9 heteroatoms. The molecule has 1 aromatic rings. The summed E-state index contributed by atoms with van der Waals surface area (Å²) in [6.45, 7) is 3.21. The van der Waals surface area contributed by atoms with Crippen LogP contribution in [0.1, 0.15) is 25.8 Å². The van der Waals surface area contributed by atoms with Gasteiger partial charge < -0.3 is 5.11 Å². The number of aliphatic carboxylic acids is 1. The van der Waals surface area contributed by atoms with Crippen LogP contribution in [0.5, 0.6) is 0 Å². The van der Waals surface area contributed by atoms with E-state index in [-0.39, 0.29) is 0 Å². The molecule has 0 heterocycles. The van der Waals surface area contributed by atoms with Crippen molar-refractivity contribution in [3.05, 3.63) is 29.8 Å². The predicted octanol–water partition coefficient (Wildman–Crippen LogP) is 2.48.